The van der Waals surface area contributed by atoms with E-state index < -0.39 is 0 Å². The Morgan fingerprint density at radius 3 is 3.06 bits per heavy atom. The molecule has 0 bridgehead atoms. The summed E-state index contributed by atoms with van der Waals surface area (Å²) in [5.74, 6) is 1.29. The van der Waals surface area contributed by atoms with Gasteiger partial charge in [0.1, 0.15) is 11.6 Å². The first-order valence-electron chi connectivity index (χ1n) is 5.54. The molecule has 5 heteroatoms. The molecule has 1 aliphatic rings. The molecule has 1 atom stereocenters. The minimum atomic E-state index is -0.297. The minimum Gasteiger partial charge on any atom is -0.497 e. The van der Waals surface area contributed by atoms with Gasteiger partial charge in [-0.15, -0.1) is 0 Å². The molecule has 0 fully saturated rings. The van der Waals surface area contributed by atoms with Gasteiger partial charge in [0, 0.05) is 11.8 Å². The summed E-state index contributed by atoms with van der Waals surface area (Å²) in [7, 11) is 1.56. The lowest BCUT2D eigenvalue weighted by atomic mass is 10.3. The SMILES string of the molecule is CCC1CSC(Nc2cc(OC)ccc2F)=N1. The molecule has 0 saturated heterocycles. The number of ether oxygens (including phenoxy) is 1. The molecule has 1 aromatic rings. The van der Waals surface area contributed by atoms with Crippen molar-refractivity contribution in [1.82, 2.24) is 0 Å². The van der Waals surface area contributed by atoms with Gasteiger partial charge < -0.3 is 10.1 Å². The summed E-state index contributed by atoms with van der Waals surface area (Å²) in [6.07, 6.45) is 1.01. The Kier molecular flexibility index (Phi) is 3.89. The van der Waals surface area contributed by atoms with Gasteiger partial charge in [-0.2, -0.15) is 0 Å². The van der Waals surface area contributed by atoms with Crippen molar-refractivity contribution in [2.75, 3.05) is 18.2 Å². The molecule has 1 aliphatic heterocycles. The topological polar surface area (TPSA) is 33.6 Å². The fraction of sp³-hybridized carbons (Fsp3) is 0.417. The van der Waals surface area contributed by atoms with E-state index in [2.05, 4.69) is 17.2 Å². The van der Waals surface area contributed by atoms with Crippen LogP contribution < -0.4 is 10.1 Å². The standard InChI is InChI=1S/C12H15FN2OS/c1-3-8-7-17-12(14-8)15-11-6-9(16-2)4-5-10(11)13/h4-6,8H,3,7H2,1-2H3,(H,14,15). The molecule has 0 aliphatic carbocycles. The Morgan fingerprint density at radius 1 is 1.59 bits per heavy atom. The number of amidine groups is 1. The number of benzene rings is 1. The van der Waals surface area contributed by atoms with Crippen LogP contribution in [0.3, 0.4) is 0 Å². The number of methoxy groups -OCH3 is 1. The summed E-state index contributed by atoms with van der Waals surface area (Å²) >= 11 is 1.62. The Morgan fingerprint density at radius 2 is 2.41 bits per heavy atom. The number of aliphatic imine (C=N–C) groups is 1. The van der Waals surface area contributed by atoms with Crippen molar-refractivity contribution in [3.63, 3.8) is 0 Å². The van der Waals surface area contributed by atoms with E-state index >= 15 is 0 Å². The number of nitrogens with one attached hydrogen (secondary N) is 1. The first kappa shape index (κ1) is 12.2. The van der Waals surface area contributed by atoms with E-state index in [0.717, 1.165) is 17.3 Å². The summed E-state index contributed by atoms with van der Waals surface area (Å²) in [5, 5.41) is 3.79. The monoisotopic (exact) mass is 254 g/mol. The normalized spacial score (nSPS) is 19.0. The van der Waals surface area contributed by atoms with Crippen LogP contribution in [-0.4, -0.2) is 24.1 Å². The summed E-state index contributed by atoms with van der Waals surface area (Å²) < 4.78 is 18.6. The Bertz CT molecular complexity index is 437. The van der Waals surface area contributed by atoms with Gasteiger partial charge in [-0.05, 0) is 18.6 Å². The third kappa shape index (κ3) is 2.91. The van der Waals surface area contributed by atoms with Crippen LogP contribution in [0.15, 0.2) is 23.2 Å². The maximum Gasteiger partial charge on any atom is 0.161 e. The molecule has 0 aromatic heterocycles. The van der Waals surface area contributed by atoms with Crippen molar-refractivity contribution in [3.8, 4) is 5.75 Å². The number of nitrogens with zero attached hydrogens (tertiary/aromatic N) is 1. The lowest BCUT2D eigenvalue weighted by Crippen LogP contribution is -2.07. The highest BCUT2D eigenvalue weighted by Crippen LogP contribution is 2.25. The van der Waals surface area contributed by atoms with Crippen LogP contribution in [0.2, 0.25) is 0 Å². The lowest BCUT2D eigenvalue weighted by molar-refractivity contribution is 0.414. The van der Waals surface area contributed by atoms with Crippen molar-refractivity contribution < 1.29 is 9.13 Å². The third-order valence-electron chi connectivity index (χ3n) is 2.60. The number of halogens is 1. The predicted molar refractivity (Wildman–Crippen MR) is 70.5 cm³/mol. The molecule has 2 rings (SSSR count). The van der Waals surface area contributed by atoms with Gasteiger partial charge >= 0.3 is 0 Å². The average Bonchev–Trinajstić information content (AvgIpc) is 2.80. The highest BCUT2D eigenvalue weighted by atomic mass is 32.2. The number of hydrogen-bond donors (Lipinski definition) is 1. The van der Waals surface area contributed by atoms with Crippen LogP contribution in [0.25, 0.3) is 0 Å². The van der Waals surface area contributed by atoms with Gasteiger partial charge in [-0.1, -0.05) is 18.7 Å². The zero-order valence-electron chi connectivity index (χ0n) is 9.87. The van der Waals surface area contributed by atoms with Gasteiger partial charge in [0.05, 0.1) is 18.8 Å². The molecule has 1 heterocycles. The number of hydrogen-bond acceptors (Lipinski definition) is 4. The van der Waals surface area contributed by atoms with Crippen LogP contribution in [0, 0.1) is 5.82 Å². The maximum atomic E-state index is 13.6. The van der Waals surface area contributed by atoms with E-state index in [1.165, 1.54) is 6.07 Å². The van der Waals surface area contributed by atoms with Gasteiger partial charge in [0.15, 0.2) is 5.17 Å². The quantitative estimate of drug-likeness (QED) is 0.899. The molecule has 0 amide bonds. The highest BCUT2D eigenvalue weighted by Gasteiger charge is 2.17. The molecule has 1 aromatic carbocycles. The average molecular weight is 254 g/mol. The van der Waals surface area contributed by atoms with E-state index in [4.69, 9.17) is 4.74 Å². The maximum absolute atomic E-state index is 13.6. The zero-order valence-corrected chi connectivity index (χ0v) is 10.7. The largest absolute Gasteiger partial charge is 0.497 e. The fourth-order valence-electron chi connectivity index (χ4n) is 1.54. The Labute approximate surface area is 104 Å². The van der Waals surface area contributed by atoms with Crippen molar-refractivity contribution in [3.05, 3.63) is 24.0 Å². The van der Waals surface area contributed by atoms with E-state index in [9.17, 15) is 4.39 Å². The Hall–Kier alpha value is -1.23. The molecule has 1 unspecified atom stereocenters. The van der Waals surface area contributed by atoms with Crippen LogP contribution >= 0.6 is 11.8 Å². The summed E-state index contributed by atoms with van der Waals surface area (Å²) in [6, 6.07) is 4.96. The van der Waals surface area contributed by atoms with Crippen molar-refractivity contribution in [2.45, 2.75) is 19.4 Å². The summed E-state index contributed by atoms with van der Waals surface area (Å²) in [5.41, 5.74) is 0.410. The molecular formula is C12H15FN2OS. The number of thioether (sulfide) groups is 1. The van der Waals surface area contributed by atoms with Gasteiger partial charge in [0.25, 0.3) is 0 Å². The molecule has 92 valence electrons. The highest BCUT2D eigenvalue weighted by molar-refractivity contribution is 8.14. The van der Waals surface area contributed by atoms with Gasteiger partial charge in [0.2, 0.25) is 0 Å². The van der Waals surface area contributed by atoms with Crippen LogP contribution in [-0.2, 0) is 0 Å². The van der Waals surface area contributed by atoms with E-state index in [-0.39, 0.29) is 5.82 Å². The van der Waals surface area contributed by atoms with Crippen molar-refractivity contribution in [2.24, 2.45) is 4.99 Å². The molecule has 3 nitrogen and oxygen atoms in total. The first-order chi connectivity index (χ1) is 8.22. The zero-order chi connectivity index (χ0) is 12.3. The molecular weight excluding hydrogens is 239 g/mol. The van der Waals surface area contributed by atoms with Crippen molar-refractivity contribution >= 4 is 22.6 Å². The molecule has 0 radical (unpaired) electrons. The van der Waals surface area contributed by atoms with Gasteiger partial charge in [-0.25, -0.2) is 4.39 Å². The predicted octanol–water partition coefficient (Wildman–Crippen LogP) is 3.13. The summed E-state index contributed by atoms with van der Waals surface area (Å²) in [6.45, 7) is 2.10. The second-order valence-corrected chi connectivity index (χ2v) is 4.79. The lowest BCUT2D eigenvalue weighted by Gasteiger charge is -2.08. The molecule has 0 spiro atoms. The van der Waals surface area contributed by atoms with E-state index in [1.807, 2.05) is 0 Å². The Balaban J connectivity index is 2.13. The number of anilines is 1. The third-order valence-corrected chi connectivity index (χ3v) is 3.63. The second-order valence-electron chi connectivity index (χ2n) is 3.78. The van der Waals surface area contributed by atoms with Crippen LogP contribution in [0.4, 0.5) is 10.1 Å². The smallest absolute Gasteiger partial charge is 0.161 e. The molecule has 17 heavy (non-hydrogen) atoms. The van der Waals surface area contributed by atoms with Crippen molar-refractivity contribution in [1.29, 1.82) is 0 Å². The molecule has 1 N–H and O–H groups in total. The molecule has 0 saturated carbocycles. The van der Waals surface area contributed by atoms with Gasteiger partial charge in [-0.3, -0.25) is 4.99 Å². The summed E-state index contributed by atoms with van der Waals surface area (Å²) in [4.78, 5) is 4.46. The van der Waals surface area contributed by atoms with E-state index in [1.54, 1.807) is 31.0 Å². The fourth-order valence-corrected chi connectivity index (χ4v) is 2.60. The first-order valence-corrected chi connectivity index (χ1v) is 6.52. The van der Waals surface area contributed by atoms with Crippen LogP contribution in [0.5, 0.6) is 5.75 Å². The van der Waals surface area contributed by atoms with Crippen LogP contribution in [0.1, 0.15) is 13.3 Å². The van der Waals surface area contributed by atoms with E-state index in [0.29, 0.717) is 17.5 Å². The second kappa shape index (κ2) is 5.40. The number of rotatable bonds is 3. The minimum absolute atomic E-state index is 0.297.